The first-order chi connectivity index (χ1) is 13.3. The maximum Gasteiger partial charge on any atom is 0.252 e. The number of hydrogen-bond acceptors (Lipinski definition) is 4. The summed E-state index contributed by atoms with van der Waals surface area (Å²) < 4.78 is 17.0. The number of ether oxygens (including phenoxy) is 2. The molecule has 2 heterocycles. The summed E-state index contributed by atoms with van der Waals surface area (Å²) in [4.78, 5) is 12.8. The molecule has 0 aliphatic carbocycles. The lowest BCUT2D eigenvalue weighted by molar-refractivity contribution is -0.116. The molecule has 0 saturated heterocycles. The van der Waals surface area contributed by atoms with Gasteiger partial charge in [-0.3, -0.25) is 4.79 Å². The molecule has 4 rings (SSSR count). The molecule has 1 aliphatic rings. The number of rotatable bonds is 5. The Bertz CT molecular complexity index is 932. The van der Waals surface area contributed by atoms with Gasteiger partial charge in [-0.25, -0.2) is 0 Å². The van der Waals surface area contributed by atoms with Gasteiger partial charge in [-0.05, 0) is 35.9 Å². The molecule has 5 heteroatoms. The van der Waals surface area contributed by atoms with Gasteiger partial charge < -0.3 is 19.2 Å². The summed E-state index contributed by atoms with van der Waals surface area (Å²) in [6.45, 7) is 0.732. The van der Waals surface area contributed by atoms with Gasteiger partial charge in [0.2, 0.25) is 0 Å². The van der Waals surface area contributed by atoms with Gasteiger partial charge in [0.1, 0.15) is 18.5 Å². The third-order valence-corrected chi connectivity index (χ3v) is 4.22. The summed E-state index contributed by atoms with van der Waals surface area (Å²) in [6, 6.07) is 20.6. The predicted octanol–water partition coefficient (Wildman–Crippen LogP) is 3.78. The molecule has 0 radical (unpaired) electrons. The summed E-state index contributed by atoms with van der Waals surface area (Å²) in [5.41, 5.74) is 1.35. The van der Waals surface area contributed by atoms with E-state index in [0.717, 1.165) is 11.3 Å². The number of para-hydroxylation sites is 2. The van der Waals surface area contributed by atoms with Crippen LogP contribution in [0.3, 0.4) is 0 Å². The molecule has 1 aromatic heterocycles. The van der Waals surface area contributed by atoms with Crippen molar-refractivity contribution in [3.05, 3.63) is 84.3 Å². The number of nitrogens with one attached hydrogen (secondary N) is 1. The van der Waals surface area contributed by atoms with Crippen molar-refractivity contribution in [2.24, 2.45) is 0 Å². The molecule has 27 heavy (non-hydrogen) atoms. The zero-order valence-corrected chi connectivity index (χ0v) is 14.6. The van der Waals surface area contributed by atoms with Gasteiger partial charge in [0, 0.05) is 0 Å². The summed E-state index contributed by atoms with van der Waals surface area (Å²) in [5, 5.41) is 2.94. The van der Waals surface area contributed by atoms with E-state index in [1.807, 2.05) is 60.7 Å². The molecule has 1 amide bonds. The minimum atomic E-state index is -0.246. The standard InChI is InChI=1S/C22H19NO4/c24-22(23-14-18-15-26-20-10-4-5-11-21(20)27-18)19(13-17-9-6-12-25-17)16-7-2-1-3-8-16/h1-13,18H,14-15H2,(H,23,24)/b19-13+. The van der Waals surface area contributed by atoms with Crippen LogP contribution < -0.4 is 14.8 Å². The number of fused-ring (bicyclic) bond motifs is 1. The van der Waals surface area contributed by atoms with Crippen molar-refractivity contribution < 1.29 is 18.7 Å². The Hall–Kier alpha value is -3.47. The summed E-state index contributed by atoms with van der Waals surface area (Å²) >= 11 is 0. The molecular weight excluding hydrogens is 342 g/mol. The lowest BCUT2D eigenvalue weighted by atomic mass is 10.0. The van der Waals surface area contributed by atoms with Gasteiger partial charge in [-0.15, -0.1) is 0 Å². The molecule has 0 bridgehead atoms. The Morgan fingerprint density at radius 3 is 2.56 bits per heavy atom. The highest BCUT2D eigenvalue weighted by Gasteiger charge is 2.22. The monoisotopic (exact) mass is 361 g/mol. The summed E-state index contributed by atoms with van der Waals surface area (Å²) in [5.74, 6) is 1.84. The first kappa shape index (κ1) is 17.0. The number of hydrogen-bond donors (Lipinski definition) is 1. The van der Waals surface area contributed by atoms with Crippen LogP contribution in [-0.4, -0.2) is 25.2 Å². The van der Waals surface area contributed by atoms with Gasteiger partial charge in [0.15, 0.2) is 11.5 Å². The Morgan fingerprint density at radius 1 is 1.00 bits per heavy atom. The third kappa shape index (κ3) is 4.03. The minimum Gasteiger partial charge on any atom is -0.486 e. The first-order valence-electron chi connectivity index (χ1n) is 8.77. The van der Waals surface area contributed by atoms with Crippen molar-refractivity contribution >= 4 is 17.6 Å². The van der Waals surface area contributed by atoms with Crippen LogP contribution >= 0.6 is 0 Å². The Labute approximate surface area is 157 Å². The maximum absolute atomic E-state index is 12.8. The SMILES string of the molecule is O=C(NCC1COc2ccccc2O1)/C(=C/c1ccco1)c1ccccc1. The fourth-order valence-electron chi connectivity index (χ4n) is 2.88. The average Bonchev–Trinajstić information content (AvgIpc) is 3.24. The predicted molar refractivity (Wildman–Crippen MR) is 102 cm³/mol. The Morgan fingerprint density at radius 2 is 1.78 bits per heavy atom. The molecule has 1 N–H and O–H groups in total. The maximum atomic E-state index is 12.8. The van der Waals surface area contributed by atoms with Gasteiger partial charge in [-0.1, -0.05) is 42.5 Å². The van der Waals surface area contributed by atoms with E-state index in [2.05, 4.69) is 5.32 Å². The average molecular weight is 361 g/mol. The van der Waals surface area contributed by atoms with Crippen molar-refractivity contribution in [3.63, 3.8) is 0 Å². The summed E-state index contributed by atoms with van der Waals surface area (Å²) in [7, 11) is 0. The van der Waals surface area contributed by atoms with E-state index in [1.54, 1.807) is 18.4 Å². The van der Waals surface area contributed by atoms with Gasteiger partial charge in [0.25, 0.3) is 5.91 Å². The summed E-state index contributed by atoms with van der Waals surface area (Å²) in [6.07, 6.45) is 3.07. The highest BCUT2D eigenvalue weighted by molar-refractivity contribution is 6.24. The second-order valence-electron chi connectivity index (χ2n) is 6.15. The Balaban J connectivity index is 1.47. The number of carbonyl (C=O) groups is 1. The Kier molecular flexibility index (Phi) is 4.92. The minimum absolute atomic E-state index is 0.194. The molecular formula is C22H19NO4. The number of benzene rings is 2. The van der Waals surface area contributed by atoms with Crippen LogP contribution in [-0.2, 0) is 4.79 Å². The van der Waals surface area contributed by atoms with Crippen LogP contribution in [0.1, 0.15) is 11.3 Å². The number of furan rings is 1. The van der Waals surface area contributed by atoms with Crippen LogP contribution in [0.2, 0.25) is 0 Å². The fourth-order valence-corrected chi connectivity index (χ4v) is 2.88. The van der Waals surface area contributed by atoms with E-state index in [-0.39, 0.29) is 12.0 Å². The molecule has 2 aromatic carbocycles. The van der Waals surface area contributed by atoms with E-state index >= 15 is 0 Å². The van der Waals surface area contributed by atoms with Crippen LogP contribution in [0.25, 0.3) is 11.6 Å². The van der Waals surface area contributed by atoms with E-state index in [4.69, 9.17) is 13.9 Å². The molecule has 0 saturated carbocycles. The van der Waals surface area contributed by atoms with Crippen LogP contribution in [0, 0.1) is 0 Å². The molecule has 0 fully saturated rings. The topological polar surface area (TPSA) is 60.7 Å². The quantitative estimate of drug-likeness (QED) is 0.703. The lowest BCUT2D eigenvalue weighted by Crippen LogP contribution is -2.41. The molecule has 3 aromatic rings. The number of carbonyl (C=O) groups excluding carboxylic acids is 1. The smallest absolute Gasteiger partial charge is 0.252 e. The van der Waals surface area contributed by atoms with Crippen molar-refractivity contribution in [2.75, 3.05) is 13.2 Å². The molecule has 1 aliphatic heterocycles. The van der Waals surface area contributed by atoms with Gasteiger partial charge >= 0.3 is 0 Å². The zero-order chi connectivity index (χ0) is 18.5. The van der Waals surface area contributed by atoms with Gasteiger partial charge in [-0.2, -0.15) is 0 Å². The molecule has 136 valence electrons. The van der Waals surface area contributed by atoms with Crippen molar-refractivity contribution in [1.29, 1.82) is 0 Å². The molecule has 1 unspecified atom stereocenters. The highest BCUT2D eigenvalue weighted by Crippen LogP contribution is 2.30. The van der Waals surface area contributed by atoms with Crippen molar-refractivity contribution in [3.8, 4) is 11.5 Å². The molecule has 0 spiro atoms. The fraction of sp³-hybridized carbons (Fsp3) is 0.136. The van der Waals surface area contributed by atoms with E-state index in [0.29, 0.717) is 30.2 Å². The largest absolute Gasteiger partial charge is 0.486 e. The molecule has 1 atom stereocenters. The van der Waals surface area contributed by atoms with E-state index in [1.165, 1.54) is 0 Å². The molecule has 5 nitrogen and oxygen atoms in total. The lowest BCUT2D eigenvalue weighted by Gasteiger charge is -2.26. The van der Waals surface area contributed by atoms with Gasteiger partial charge in [0.05, 0.1) is 18.4 Å². The van der Waals surface area contributed by atoms with Crippen LogP contribution in [0.4, 0.5) is 0 Å². The number of amides is 1. The third-order valence-electron chi connectivity index (χ3n) is 4.22. The van der Waals surface area contributed by atoms with E-state index in [9.17, 15) is 4.79 Å². The second kappa shape index (κ2) is 7.83. The van der Waals surface area contributed by atoms with Crippen molar-refractivity contribution in [1.82, 2.24) is 5.32 Å². The first-order valence-corrected chi connectivity index (χ1v) is 8.77. The van der Waals surface area contributed by atoms with E-state index < -0.39 is 0 Å². The van der Waals surface area contributed by atoms with Crippen LogP contribution in [0.5, 0.6) is 11.5 Å². The second-order valence-corrected chi connectivity index (χ2v) is 6.15. The van der Waals surface area contributed by atoms with Crippen molar-refractivity contribution in [2.45, 2.75) is 6.10 Å². The highest BCUT2D eigenvalue weighted by atomic mass is 16.6. The zero-order valence-electron chi connectivity index (χ0n) is 14.6. The normalized spacial score (nSPS) is 16.0. The van der Waals surface area contributed by atoms with Crippen LogP contribution in [0.15, 0.2) is 77.4 Å².